The molecule has 1 amide bonds. The maximum atomic E-state index is 12.7. The zero-order valence-electron chi connectivity index (χ0n) is 19.5. The van der Waals surface area contributed by atoms with E-state index in [-0.39, 0.29) is 40.0 Å². The number of halogens is 3. The van der Waals surface area contributed by atoms with Crippen LogP contribution in [-0.4, -0.2) is 52.5 Å². The van der Waals surface area contributed by atoms with Gasteiger partial charge in [0.25, 0.3) is 5.91 Å². The lowest BCUT2D eigenvalue weighted by Gasteiger charge is -2.25. The average Bonchev–Trinajstić information content (AvgIpc) is 3.21. The number of nitrogens with one attached hydrogen (secondary N) is 1. The van der Waals surface area contributed by atoms with E-state index in [0.29, 0.717) is 11.1 Å². The number of benzene rings is 2. The van der Waals surface area contributed by atoms with Crippen molar-refractivity contribution in [1.29, 1.82) is 0 Å². The molecule has 0 spiro atoms. The third kappa shape index (κ3) is 5.12. The lowest BCUT2D eigenvalue weighted by atomic mass is 9.91. The Balaban J connectivity index is 1.87. The summed E-state index contributed by atoms with van der Waals surface area (Å²) in [6.45, 7) is 3.78. The van der Waals surface area contributed by atoms with Crippen LogP contribution in [0.25, 0.3) is 22.5 Å². The Bertz CT molecular complexity index is 1270. The number of amides is 1. The quantitative estimate of drug-likeness (QED) is 0.475. The summed E-state index contributed by atoms with van der Waals surface area (Å²) in [6.07, 6.45) is -3.83. The first kappa shape index (κ1) is 24.6. The van der Waals surface area contributed by atoms with Crippen molar-refractivity contribution in [1.82, 2.24) is 15.4 Å². The lowest BCUT2D eigenvalue weighted by Crippen LogP contribution is -2.34. The topological polar surface area (TPSA) is 98.8 Å². The summed E-state index contributed by atoms with van der Waals surface area (Å²) < 4.78 is 43.7. The van der Waals surface area contributed by atoms with Crippen LogP contribution in [0.5, 0.6) is 11.5 Å². The van der Waals surface area contributed by atoms with Crippen molar-refractivity contribution < 1.29 is 32.7 Å². The van der Waals surface area contributed by atoms with Gasteiger partial charge in [-0.15, -0.1) is 0 Å². The smallest absolute Gasteiger partial charge is 0.405 e. The molecule has 0 aliphatic carbocycles. The SMILES string of the molecule is CC(C)c1cc(-c2onc(C(=O)NCC(F)(F)F)c2-c2ccc3c(c2)CCN(C)C3)c(O)cc1O. The minimum Gasteiger partial charge on any atom is -0.508 e. The number of phenols is 2. The standard InChI is InChI=1S/C25H26F3N3O4/c1-13(2)17-9-18(20(33)10-19(17)32)23-21(22(30-35-23)24(34)29-12-25(26,27)28)15-4-5-16-11-31(3)7-6-14(16)8-15/h4-5,8-10,13,32-33H,6-7,11-12H2,1-3H3,(H,29,34). The summed E-state index contributed by atoms with van der Waals surface area (Å²) in [5, 5.41) is 26.5. The predicted molar refractivity (Wildman–Crippen MR) is 123 cm³/mol. The first-order valence-corrected chi connectivity index (χ1v) is 11.2. The van der Waals surface area contributed by atoms with E-state index in [1.54, 1.807) is 6.07 Å². The van der Waals surface area contributed by atoms with Gasteiger partial charge in [-0.25, -0.2) is 0 Å². The van der Waals surface area contributed by atoms with E-state index in [1.807, 2.05) is 38.3 Å². The van der Waals surface area contributed by atoms with Crippen molar-refractivity contribution in [3.05, 3.63) is 52.7 Å². The monoisotopic (exact) mass is 489 g/mol. The highest BCUT2D eigenvalue weighted by Gasteiger charge is 2.32. The minimum atomic E-state index is -4.60. The molecule has 1 aliphatic rings. The summed E-state index contributed by atoms with van der Waals surface area (Å²) in [6, 6.07) is 8.24. The van der Waals surface area contributed by atoms with Gasteiger partial charge in [0.05, 0.1) is 11.1 Å². The van der Waals surface area contributed by atoms with Crippen LogP contribution in [0.4, 0.5) is 13.2 Å². The number of carbonyl (C=O) groups excluding carboxylic acids is 1. The molecule has 0 saturated carbocycles. The molecule has 2 aromatic carbocycles. The van der Waals surface area contributed by atoms with Gasteiger partial charge in [-0.3, -0.25) is 4.79 Å². The number of nitrogens with zero attached hydrogens (tertiary/aromatic N) is 2. The van der Waals surface area contributed by atoms with Gasteiger partial charge in [0, 0.05) is 19.2 Å². The Morgan fingerprint density at radius 2 is 1.91 bits per heavy atom. The van der Waals surface area contributed by atoms with Crippen LogP contribution in [0.2, 0.25) is 0 Å². The maximum absolute atomic E-state index is 12.7. The van der Waals surface area contributed by atoms with Crippen molar-refractivity contribution >= 4 is 5.91 Å². The minimum absolute atomic E-state index is 0.0226. The van der Waals surface area contributed by atoms with Crippen LogP contribution in [-0.2, 0) is 13.0 Å². The molecule has 1 aromatic heterocycles. The molecular weight excluding hydrogens is 463 g/mol. The van der Waals surface area contributed by atoms with Crippen molar-refractivity contribution in [2.24, 2.45) is 0 Å². The van der Waals surface area contributed by atoms with Crippen molar-refractivity contribution in [2.75, 3.05) is 20.1 Å². The highest BCUT2D eigenvalue weighted by Crippen LogP contribution is 2.43. The van der Waals surface area contributed by atoms with E-state index in [1.165, 1.54) is 12.1 Å². The van der Waals surface area contributed by atoms with Crippen LogP contribution < -0.4 is 5.32 Å². The number of fused-ring (bicyclic) bond motifs is 1. The third-order valence-electron chi connectivity index (χ3n) is 6.07. The van der Waals surface area contributed by atoms with E-state index < -0.39 is 18.6 Å². The molecule has 186 valence electrons. The number of rotatable bonds is 5. The van der Waals surface area contributed by atoms with E-state index >= 15 is 0 Å². The summed E-state index contributed by atoms with van der Waals surface area (Å²) in [5.41, 5.74) is 3.22. The van der Waals surface area contributed by atoms with Gasteiger partial charge in [-0.2, -0.15) is 13.2 Å². The fourth-order valence-corrected chi connectivity index (χ4v) is 4.25. The Hall–Kier alpha value is -3.53. The van der Waals surface area contributed by atoms with Gasteiger partial charge in [0.1, 0.15) is 18.0 Å². The first-order chi connectivity index (χ1) is 16.4. The highest BCUT2D eigenvalue weighted by atomic mass is 19.4. The number of hydrogen-bond acceptors (Lipinski definition) is 6. The van der Waals surface area contributed by atoms with Crippen LogP contribution in [0.15, 0.2) is 34.9 Å². The molecule has 3 N–H and O–H groups in total. The third-order valence-corrected chi connectivity index (χ3v) is 6.07. The van der Waals surface area contributed by atoms with E-state index in [4.69, 9.17) is 4.52 Å². The zero-order chi connectivity index (χ0) is 25.5. The second-order valence-corrected chi connectivity index (χ2v) is 9.09. The van der Waals surface area contributed by atoms with E-state index in [0.717, 1.165) is 30.6 Å². The van der Waals surface area contributed by atoms with Crippen molar-refractivity contribution in [3.8, 4) is 33.9 Å². The zero-order valence-corrected chi connectivity index (χ0v) is 19.5. The predicted octanol–water partition coefficient (Wildman–Crippen LogP) is 4.82. The lowest BCUT2D eigenvalue weighted by molar-refractivity contribution is -0.123. The Kier molecular flexibility index (Phi) is 6.50. The van der Waals surface area contributed by atoms with Crippen LogP contribution in [0.3, 0.4) is 0 Å². The fourth-order valence-electron chi connectivity index (χ4n) is 4.25. The number of likely N-dealkylation sites (N-methyl/N-ethyl adjacent to an activating group) is 1. The molecular formula is C25H26F3N3O4. The van der Waals surface area contributed by atoms with Gasteiger partial charge < -0.3 is 25.0 Å². The number of alkyl halides is 3. The second-order valence-electron chi connectivity index (χ2n) is 9.09. The van der Waals surface area contributed by atoms with Crippen LogP contribution in [0.1, 0.15) is 46.9 Å². The van der Waals surface area contributed by atoms with Gasteiger partial charge >= 0.3 is 6.18 Å². The molecule has 0 atom stereocenters. The first-order valence-electron chi connectivity index (χ1n) is 11.2. The second kappa shape index (κ2) is 9.26. The molecule has 0 radical (unpaired) electrons. The largest absolute Gasteiger partial charge is 0.508 e. The average molecular weight is 489 g/mol. The summed E-state index contributed by atoms with van der Waals surface area (Å²) >= 11 is 0. The van der Waals surface area contributed by atoms with Crippen LogP contribution in [0, 0.1) is 0 Å². The van der Waals surface area contributed by atoms with E-state index in [2.05, 4.69) is 10.1 Å². The fraction of sp³-hybridized carbons (Fsp3) is 0.360. The molecule has 2 heterocycles. The Morgan fingerprint density at radius 1 is 1.17 bits per heavy atom. The Labute approximate surface area is 200 Å². The van der Waals surface area contributed by atoms with Gasteiger partial charge in [0.15, 0.2) is 11.5 Å². The van der Waals surface area contributed by atoms with Gasteiger partial charge in [-0.1, -0.05) is 37.2 Å². The maximum Gasteiger partial charge on any atom is 0.405 e. The number of aromatic hydroxyl groups is 2. The molecule has 10 heteroatoms. The number of aromatic nitrogens is 1. The summed E-state index contributed by atoms with van der Waals surface area (Å²) in [4.78, 5) is 14.9. The molecule has 0 fully saturated rings. The molecule has 0 saturated heterocycles. The number of hydrogen-bond donors (Lipinski definition) is 3. The molecule has 1 aliphatic heterocycles. The molecule has 3 aromatic rings. The molecule has 0 unspecified atom stereocenters. The van der Waals surface area contributed by atoms with Crippen molar-refractivity contribution in [3.63, 3.8) is 0 Å². The summed E-state index contributed by atoms with van der Waals surface area (Å²) in [7, 11) is 2.01. The molecule has 0 bridgehead atoms. The number of phenolic OH excluding ortho intramolecular Hbond substituents is 2. The normalized spacial score (nSPS) is 14.3. The molecule has 35 heavy (non-hydrogen) atoms. The van der Waals surface area contributed by atoms with E-state index in [9.17, 15) is 28.2 Å². The molecule has 7 nitrogen and oxygen atoms in total. The van der Waals surface area contributed by atoms with Crippen LogP contribution >= 0.6 is 0 Å². The highest BCUT2D eigenvalue weighted by molar-refractivity contribution is 6.02. The van der Waals surface area contributed by atoms with Gasteiger partial charge in [0.2, 0.25) is 0 Å². The van der Waals surface area contributed by atoms with Gasteiger partial charge in [-0.05, 0) is 47.7 Å². The summed E-state index contributed by atoms with van der Waals surface area (Å²) in [5.74, 6) is -1.55. The Morgan fingerprint density at radius 3 is 2.60 bits per heavy atom. The number of carbonyl (C=O) groups is 1. The molecule has 4 rings (SSSR count). The van der Waals surface area contributed by atoms with Crippen molar-refractivity contribution in [2.45, 2.75) is 38.9 Å².